The van der Waals surface area contributed by atoms with E-state index in [9.17, 15) is 4.79 Å². The molecule has 2 aromatic carbocycles. The van der Waals surface area contributed by atoms with Crippen LogP contribution in [0.25, 0.3) is 11.3 Å². The maximum Gasteiger partial charge on any atom is 0.258 e. The van der Waals surface area contributed by atoms with Crippen LogP contribution in [0.15, 0.2) is 41.0 Å². The standard InChI is InChI=1S/C19H15Cl2N3O2/c20-14-7-8-15(16(21)10-14)19(25)22-18-17(23-26-24-18)13-6-5-11-3-1-2-4-12(11)9-13/h5-10H,1-4H2,(H,22,24,25). The maximum absolute atomic E-state index is 12.5. The molecule has 26 heavy (non-hydrogen) atoms. The number of nitrogens with one attached hydrogen (secondary N) is 1. The number of halogens is 2. The number of rotatable bonds is 3. The van der Waals surface area contributed by atoms with Crippen LogP contribution in [-0.4, -0.2) is 16.2 Å². The molecular weight excluding hydrogens is 373 g/mol. The molecule has 0 atom stereocenters. The van der Waals surface area contributed by atoms with E-state index in [1.807, 2.05) is 6.07 Å². The van der Waals surface area contributed by atoms with E-state index in [0.717, 1.165) is 18.4 Å². The number of hydrogen-bond donors (Lipinski definition) is 1. The summed E-state index contributed by atoms with van der Waals surface area (Å²) >= 11 is 12.0. The van der Waals surface area contributed by atoms with Crippen molar-refractivity contribution in [3.05, 3.63) is 63.1 Å². The second-order valence-electron chi connectivity index (χ2n) is 6.23. The number of hydrogen-bond acceptors (Lipinski definition) is 4. The van der Waals surface area contributed by atoms with E-state index in [1.165, 1.54) is 30.0 Å². The fraction of sp³-hybridized carbons (Fsp3) is 0.211. The van der Waals surface area contributed by atoms with Crippen LogP contribution in [0.3, 0.4) is 0 Å². The lowest BCUT2D eigenvalue weighted by atomic mass is 9.90. The summed E-state index contributed by atoms with van der Waals surface area (Å²) in [7, 11) is 0. The third-order valence-electron chi connectivity index (χ3n) is 4.52. The van der Waals surface area contributed by atoms with Gasteiger partial charge >= 0.3 is 0 Å². The van der Waals surface area contributed by atoms with Gasteiger partial charge in [0.25, 0.3) is 5.91 Å². The zero-order valence-corrected chi connectivity index (χ0v) is 15.3. The molecule has 0 saturated heterocycles. The van der Waals surface area contributed by atoms with Crippen LogP contribution in [0.5, 0.6) is 0 Å². The molecule has 0 spiro atoms. The van der Waals surface area contributed by atoms with Crippen LogP contribution in [0.2, 0.25) is 10.0 Å². The molecule has 1 aromatic heterocycles. The van der Waals surface area contributed by atoms with Crippen molar-refractivity contribution in [2.24, 2.45) is 0 Å². The Bertz CT molecular complexity index is 985. The predicted octanol–water partition coefficient (Wildman–Crippen LogP) is 5.17. The van der Waals surface area contributed by atoms with E-state index in [0.29, 0.717) is 16.3 Å². The number of carbonyl (C=O) groups excluding carboxylic acids is 1. The van der Waals surface area contributed by atoms with Crippen LogP contribution in [-0.2, 0) is 12.8 Å². The quantitative estimate of drug-likeness (QED) is 0.672. The van der Waals surface area contributed by atoms with Crippen LogP contribution in [0, 0.1) is 0 Å². The van der Waals surface area contributed by atoms with E-state index in [4.69, 9.17) is 27.8 Å². The van der Waals surface area contributed by atoms with E-state index >= 15 is 0 Å². The van der Waals surface area contributed by atoms with Gasteiger partial charge in [0.2, 0.25) is 5.82 Å². The van der Waals surface area contributed by atoms with Gasteiger partial charge < -0.3 is 5.32 Å². The number of anilines is 1. The number of amides is 1. The largest absolute Gasteiger partial charge is 0.302 e. The zero-order valence-electron chi connectivity index (χ0n) is 13.8. The number of carbonyl (C=O) groups is 1. The molecule has 0 unspecified atom stereocenters. The average molecular weight is 388 g/mol. The highest BCUT2D eigenvalue weighted by Gasteiger charge is 2.19. The van der Waals surface area contributed by atoms with Gasteiger partial charge in [0.1, 0.15) is 0 Å². The summed E-state index contributed by atoms with van der Waals surface area (Å²) in [6.07, 6.45) is 4.56. The molecule has 1 heterocycles. The van der Waals surface area contributed by atoms with Crippen molar-refractivity contribution in [2.75, 3.05) is 5.32 Å². The minimum absolute atomic E-state index is 0.261. The van der Waals surface area contributed by atoms with Gasteiger partial charge in [-0.2, -0.15) is 0 Å². The predicted molar refractivity (Wildman–Crippen MR) is 101 cm³/mol. The van der Waals surface area contributed by atoms with Gasteiger partial charge in [0.05, 0.1) is 10.6 Å². The first-order valence-corrected chi connectivity index (χ1v) is 9.08. The van der Waals surface area contributed by atoms with Gasteiger partial charge in [-0.3, -0.25) is 4.79 Å². The van der Waals surface area contributed by atoms with E-state index in [2.05, 4.69) is 27.8 Å². The minimum Gasteiger partial charge on any atom is -0.302 e. The fourth-order valence-electron chi connectivity index (χ4n) is 3.19. The molecule has 132 valence electrons. The van der Waals surface area contributed by atoms with Crippen molar-refractivity contribution in [1.29, 1.82) is 0 Å². The van der Waals surface area contributed by atoms with E-state index in [-0.39, 0.29) is 10.8 Å². The Kier molecular flexibility index (Phi) is 4.66. The van der Waals surface area contributed by atoms with Crippen molar-refractivity contribution in [2.45, 2.75) is 25.7 Å². The molecular formula is C19H15Cl2N3O2. The molecule has 0 fully saturated rings. The number of fused-ring (bicyclic) bond motifs is 1. The molecule has 7 heteroatoms. The molecule has 1 amide bonds. The van der Waals surface area contributed by atoms with Gasteiger partial charge in [-0.15, -0.1) is 0 Å². The summed E-state index contributed by atoms with van der Waals surface area (Å²) in [6.45, 7) is 0. The van der Waals surface area contributed by atoms with E-state index in [1.54, 1.807) is 12.1 Å². The summed E-state index contributed by atoms with van der Waals surface area (Å²) in [5, 5.41) is 11.2. The molecule has 3 aromatic rings. The smallest absolute Gasteiger partial charge is 0.258 e. The Balaban J connectivity index is 1.62. The SMILES string of the molecule is O=C(Nc1nonc1-c1ccc2c(c1)CCCC2)c1ccc(Cl)cc1Cl. The molecule has 0 saturated carbocycles. The number of aryl methyl sites for hydroxylation is 2. The van der Waals surface area contributed by atoms with Crippen molar-refractivity contribution < 1.29 is 9.42 Å². The van der Waals surface area contributed by atoms with Crippen molar-refractivity contribution in [3.8, 4) is 11.3 Å². The highest BCUT2D eigenvalue weighted by atomic mass is 35.5. The van der Waals surface area contributed by atoms with Gasteiger partial charge in [0.15, 0.2) is 5.69 Å². The first-order chi connectivity index (χ1) is 12.6. The lowest BCUT2D eigenvalue weighted by Crippen LogP contribution is -2.13. The minimum atomic E-state index is -0.401. The van der Waals surface area contributed by atoms with Crippen LogP contribution in [0.4, 0.5) is 5.82 Å². The molecule has 1 aliphatic carbocycles. The zero-order chi connectivity index (χ0) is 18.1. The maximum atomic E-state index is 12.5. The topological polar surface area (TPSA) is 68.0 Å². The van der Waals surface area contributed by atoms with Gasteiger partial charge in [0, 0.05) is 10.6 Å². The Morgan fingerprint density at radius 1 is 1.00 bits per heavy atom. The highest BCUT2D eigenvalue weighted by Crippen LogP contribution is 2.30. The summed E-state index contributed by atoms with van der Waals surface area (Å²) in [5.41, 5.74) is 4.35. The Morgan fingerprint density at radius 2 is 1.81 bits per heavy atom. The molecule has 5 nitrogen and oxygen atoms in total. The fourth-order valence-corrected chi connectivity index (χ4v) is 3.68. The van der Waals surface area contributed by atoms with Crippen molar-refractivity contribution in [3.63, 3.8) is 0 Å². The summed E-state index contributed by atoms with van der Waals surface area (Å²) in [6, 6.07) is 10.9. The summed E-state index contributed by atoms with van der Waals surface area (Å²) < 4.78 is 4.86. The van der Waals surface area contributed by atoms with E-state index < -0.39 is 5.91 Å². The molecule has 1 aliphatic rings. The van der Waals surface area contributed by atoms with Crippen LogP contribution < -0.4 is 5.32 Å². The Morgan fingerprint density at radius 3 is 2.62 bits per heavy atom. The molecule has 4 rings (SSSR count). The molecule has 0 aliphatic heterocycles. The summed E-state index contributed by atoms with van der Waals surface area (Å²) in [4.78, 5) is 12.5. The third-order valence-corrected chi connectivity index (χ3v) is 5.07. The first kappa shape index (κ1) is 17.1. The average Bonchev–Trinajstić information content (AvgIpc) is 3.09. The highest BCUT2D eigenvalue weighted by molar-refractivity contribution is 6.37. The normalized spacial score (nSPS) is 13.3. The number of benzene rings is 2. The van der Waals surface area contributed by atoms with Gasteiger partial charge in [-0.1, -0.05) is 35.3 Å². The molecule has 0 radical (unpaired) electrons. The van der Waals surface area contributed by atoms with Crippen molar-refractivity contribution in [1.82, 2.24) is 10.3 Å². The third kappa shape index (κ3) is 3.32. The Hall–Kier alpha value is -2.37. The summed E-state index contributed by atoms with van der Waals surface area (Å²) in [5.74, 6) is -0.140. The Labute approximate surface area is 160 Å². The van der Waals surface area contributed by atoms with Crippen molar-refractivity contribution >= 4 is 34.9 Å². The second kappa shape index (κ2) is 7.09. The second-order valence-corrected chi connectivity index (χ2v) is 7.07. The van der Waals surface area contributed by atoms with Gasteiger partial charge in [-0.05, 0) is 71.4 Å². The van der Waals surface area contributed by atoms with Gasteiger partial charge in [-0.25, -0.2) is 4.63 Å². The first-order valence-electron chi connectivity index (χ1n) is 8.33. The monoisotopic (exact) mass is 387 g/mol. The lowest BCUT2D eigenvalue weighted by molar-refractivity contribution is 0.102. The van der Waals surface area contributed by atoms with Crippen LogP contribution in [0.1, 0.15) is 34.3 Å². The van der Waals surface area contributed by atoms with Crippen LogP contribution >= 0.6 is 23.2 Å². The lowest BCUT2D eigenvalue weighted by Gasteiger charge is -2.16. The number of aromatic nitrogens is 2. The number of nitrogens with zero attached hydrogens (tertiary/aromatic N) is 2. The molecule has 1 N–H and O–H groups in total. The molecule has 0 bridgehead atoms.